The van der Waals surface area contributed by atoms with E-state index in [1.54, 1.807) is 18.3 Å². The topological polar surface area (TPSA) is 93.8 Å². The predicted octanol–water partition coefficient (Wildman–Crippen LogP) is 4.03. The number of nitrogens with one attached hydrogen (secondary N) is 1. The van der Waals surface area contributed by atoms with E-state index in [1.165, 1.54) is 0 Å². The van der Waals surface area contributed by atoms with Crippen molar-refractivity contribution in [2.75, 3.05) is 5.32 Å². The fourth-order valence-corrected chi connectivity index (χ4v) is 2.72. The molecule has 0 aliphatic rings. The molecule has 0 saturated carbocycles. The van der Waals surface area contributed by atoms with E-state index >= 15 is 0 Å². The van der Waals surface area contributed by atoms with E-state index in [2.05, 4.69) is 20.3 Å². The first-order chi connectivity index (χ1) is 13.7. The first kappa shape index (κ1) is 20.2. The Kier molecular flexibility index (Phi) is 5.76. The Labute approximate surface area is 165 Å². The summed E-state index contributed by atoms with van der Waals surface area (Å²) >= 11 is 0. The summed E-state index contributed by atoms with van der Waals surface area (Å²) in [5.74, 6) is -0.529. The van der Waals surface area contributed by atoms with Gasteiger partial charge in [0.2, 0.25) is 11.9 Å². The number of primary amides is 1. The number of rotatable bonds is 6. The van der Waals surface area contributed by atoms with Gasteiger partial charge in [0, 0.05) is 35.8 Å². The van der Waals surface area contributed by atoms with Crippen LogP contribution in [0, 0.1) is 6.92 Å². The average Bonchev–Trinajstić information content (AvgIpc) is 2.66. The first-order valence-corrected chi connectivity index (χ1v) is 8.73. The van der Waals surface area contributed by atoms with Gasteiger partial charge in [0.1, 0.15) is 5.69 Å². The van der Waals surface area contributed by atoms with E-state index in [-0.39, 0.29) is 18.3 Å². The second kappa shape index (κ2) is 8.26. The molecule has 29 heavy (non-hydrogen) atoms. The number of hydrogen-bond donors (Lipinski definition) is 2. The number of benzene rings is 1. The van der Waals surface area contributed by atoms with Crippen LogP contribution in [0.5, 0.6) is 0 Å². The number of hydrogen-bond acceptors (Lipinski definition) is 5. The molecule has 2 aromatic heterocycles. The molecule has 0 saturated heterocycles. The minimum absolute atomic E-state index is 0.142. The Bertz CT molecular complexity index is 1020. The summed E-state index contributed by atoms with van der Waals surface area (Å²) in [6.07, 6.45) is -1.12. The number of nitrogens with zero attached hydrogens (tertiary/aromatic N) is 3. The Morgan fingerprint density at radius 2 is 1.90 bits per heavy atom. The van der Waals surface area contributed by atoms with Gasteiger partial charge in [-0.3, -0.25) is 9.78 Å². The summed E-state index contributed by atoms with van der Waals surface area (Å²) in [5, 5.41) is 2.82. The number of carbonyl (C=O) groups excluding carboxylic acids is 1. The van der Waals surface area contributed by atoms with Gasteiger partial charge in [0.15, 0.2) is 0 Å². The molecule has 0 spiro atoms. The molecule has 9 heteroatoms. The smallest absolute Gasteiger partial charge is 0.370 e. The van der Waals surface area contributed by atoms with Crippen LogP contribution < -0.4 is 11.1 Å². The minimum atomic E-state index is -4.54. The van der Waals surface area contributed by atoms with Crippen molar-refractivity contribution < 1.29 is 18.0 Å². The molecular weight excluding hydrogens is 383 g/mol. The van der Waals surface area contributed by atoms with E-state index < -0.39 is 11.9 Å². The number of halogens is 3. The van der Waals surface area contributed by atoms with Crippen molar-refractivity contribution in [3.8, 4) is 11.1 Å². The molecule has 6 nitrogen and oxygen atoms in total. The van der Waals surface area contributed by atoms with Crippen LogP contribution >= 0.6 is 0 Å². The molecule has 1 aromatic carbocycles. The van der Waals surface area contributed by atoms with E-state index in [1.807, 2.05) is 25.1 Å². The van der Waals surface area contributed by atoms with Crippen LogP contribution in [0.2, 0.25) is 0 Å². The normalized spacial score (nSPS) is 11.3. The van der Waals surface area contributed by atoms with Gasteiger partial charge in [-0.1, -0.05) is 12.1 Å². The quantitative estimate of drug-likeness (QED) is 0.651. The Hall–Kier alpha value is -3.49. The maximum absolute atomic E-state index is 12.8. The molecule has 3 N–H and O–H groups in total. The molecule has 0 aliphatic carbocycles. The van der Waals surface area contributed by atoms with Crippen molar-refractivity contribution >= 4 is 17.5 Å². The molecule has 3 aromatic rings. The minimum Gasteiger partial charge on any atom is -0.370 e. The van der Waals surface area contributed by atoms with E-state index in [9.17, 15) is 18.0 Å². The van der Waals surface area contributed by atoms with Gasteiger partial charge in [0.25, 0.3) is 0 Å². The molecule has 1 amide bonds. The molecule has 0 bridgehead atoms. The van der Waals surface area contributed by atoms with Crippen molar-refractivity contribution in [2.24, 2.45) is 5.73 Å². The standard InChI is InChI=1S/C20H18F3N5O/c1-12-8-14(13-2-3-15(26-11-13)4-5-18(24)29)10-16(9-12)27-19-25-7-6-17(28-19)20(21,22)23/h2-3,6-11H,4-5H2,1H3,(H2,24,29)(H,25,27,28). The highest BCUT2D eigenvalue weighted by molar-refractivity contribution is 5.74. The number of amides is 1. The molecule has 0 aliphatic heterocycles. The van der Waals surface area contributed by atoms with Gasteiger partial charge in [0.05, 0.1) is 0 Å². The zero-order chi connectivity index (χ0) is 21.0. The fraction of sp³-hybridized carbons (Fsp3) is 0.200. The van der Waals surface area contributed by atoms with Gasteiger partial charge >= 0.3 is 6.18 Å². The lowest BCUT2D eigenvalue weighted by atomic mass is 10.0. The summed E-state index contributed by atoms with van der Waals surface area (Å²) in [6.45, 7) is 1.87. The third-order valence-corrected chi connectivity index (χ3v) is 4.07. The maximum Gasteiger partial charge on any atom is 0.433 e. The summed E-state index contributed by atoms with van der Waals surface area (Å²) < 4.78 is 38.5. The Balaban J connectivity index is 1.82. The number of aryl methyl sites for hydroxylation is 2. The number of aromatic nitrogens is 3. The molecule has 3 rings (SSSR count). The molecular formula is C20H18F3N5O. The monoisotopic (exact) mass is 401 g/mol. The van der Waals surface area contributed by atoms with Crippen molar-refractivity contribution in [1.82, 2.24) is 15.0 Å². The van der Waals surface area contributed by atoms with Crippen LogP contribution in [-0.4, -0.2) is 20.9 Å². The highest BCUT2D eigenvalue weighted by Gasteiger charge is 2.32. The van der Waals surface area contributed by atoms with Crippen LogP contribution in [0.3, 0.4) is 0 Å². The predicted molar refractivity (Wildman–Crippen MR) is 102 cm³/mol. The first-order valence-electron chi connectivity index (χ1n) is 8.73. The summed E-state index contributed by atoms with van der Waals surface area (Å²) in [5.41, 5.74) is 7.98. The number of alkyl halides is 3. The lowest BCUT2D eigenvalue weighted by Crippen LogP contribution is -2.11. The molecule has 2 heterocycles. The third-order valence-electron chi connectivity index (χ3n) is 4.07. The van der Waals surface area contributed by atoms with Crippen molar-refractivity contribution in [1.29, 1.82) is 0 Å². The third kappa shape index (κ3) is 5.50. The molecule has 0 atom stereocenters. The summed E-state index contributed by atoms with van der Waals surface area (Å²) in [7, 11) is 0. The van der Waals surface area contributed by atoms with Gasteiger partial charge in [-0.15, -0.1) is 0 Å². The lowest BCUT2D eigenvalue weighted by Gasteiger charge is -2.11. The largest absolute Gasteiger partial charge is 0.433 e. The van der Waals surface area contributed by atoms with Crippen molar-refractivity contribution in [2.45, 2.75) is 25.9 Å². The van der Waals surface area contributed by atoms with E-state index in [0.717, 1.165) is 34.6 Å². The van der Waals surface area contributed by atoms with Crippen molar-refractivity contribution in [3.05, 3.63) is 65.7 Å². The Morgan fingerprint density at radius 1 is 1.10 bits per heavy atom. The van der Waals surface area contributed by atoms with Crippen LogP contribution in [-0.2, 0) is 17.4 Å². The van der Waals surface area contributed by atoms with Gasteiger partial charge < -0.3 is 11.1 Å². The second-order valence-corrected chi connectivity index (χ2v) is 6.48. The zero-order valence-electron chi connectivity index (χ0n) is 15.5. The summed E-state index contributed by atoms with van der Waals surface area (Å²) in [4.78, 5) is 22.6. The second-order valence-electron chi connectivity index (χ2n) is 6.48. The van der Waals surface area contributed by atoms with Crippen LogP contribution in [0.15, 0.2) is 48.8 Å². The number of pyridine rings is 1. The number of anilines is 2. The summed E-state index contributed by atoms with van der Waals surface area (Å²) in [6, 6.07) is 9.97. The van der Waals surface area contributed by atoms with Gasteiger partial charge in [-0.05, 0) is 48.7 Å². The van der Waals surface area contributed by atoms with Crippen LogP contribution in [0.4, 0.5) is 24.8 Å². The fourth-order valence-electron chi connectivity index (χ4n) is 2.72. The number of nitrogens with two attached hydrogens (primary N) is 1. The molecule has 0 radical (unpaired) electrons. The maximum atomic E-state index is 12.8. The van der Waals surface area contributed by atoms with Gasteiger partial charge in [-0.25, -0.2) is 9.97 Å². The van der Waals surface area contributed by atoms with E-state index in [4.69, 9.17) is 5.73 Å². The lowest BCUT2D eigenvalue weighted by molar-refractivity contribution is -0.141. The zero-order valence-corrected chi connectivity index (χ0v) is 15.5. The molecule has 0 unspecified atom stereocenters. The number of carbonyl (C=O) groups is 1. The van der Waals surface area contributed by atoms with Crippen molar-refractivity contribution in [3.63, 3.8) is 0 Å². The van der Waals surface area contributed by atoms with E-state index in [0.29, 0.717) is 12.1 Å². The highest BCUT2D eigenvalue weighted by Crippen LogP contribution is 2.29. The van der Waals surface area contributed by atoms with Crippen LogP contribution in [0.1, 0.15) is 23.4 Å². The molecule has 0 fully saturated rings. The highest BCUT2D eigenvalue weighted by atomic mass is 19.4. The van der Waals surface area contributed by atoms with Gasteiger partial charge in [-0.2, -0.15) is 13.2 Å². The van der Waals surface area contributed by atoms with Crippen LogP contribution in [0.25, 0.3) is 11.1 Å². The molecule has 150 valence electrons. The Morgan fingerprint density at radius 3 is 2.55 bits per heavy atom. The average molecular weight is 401 g/mol. The SMILES string of the molecule is Cc1cc(Nc2nccc(C(F)(F)F)n2)cc(-c2ccc(CCC(N)=O)nc2)c1.